The van der Waals surface area contributed by atoms with Gasteiger partial charge in [-0.15, -0.1) is 12.3 Å². The Balaban J connectivity index is 3.72. The smallest absolute Gasteiger partial charge is 0.237 e. The SMILES string of the molecule is C#CCC(N)C(=O)NCCN(CC)CCC. The van der Waals surface area contributed by atoms with E-state index in [4.69, 9.17) is 12.2 Å². The van der Waals surface area contributed by atoms with Gasteiger partial charge in [-0.25, -0.2) is 0 Å². The molecule has 4 heteroatoms. The summed E-state index contributed by atoms with van der Waals surface area (Å²) < 4.78 is 0. The van der Waals surface area contributed by atoms with E-state index in [1.54, 1.807) is 0 Å². The van der Waals surface area contributed by atoms with E-state index in [0.29, 0.717) is 6.54 Å². The largest absolute Gasteiger partial charge is 0.353 e. The number of terminal acetylenes is 1. The number of likely N-dealkylation sites (N-methyl/N-ethyl adjacent to an activating group) is 1. The molecular weight excluding hydrogens is 202 g/mol. The molecule has 0 rings (SSSR count). The Morgan fingerprint density at radius 2 is 2.19 bits per heavy atom. The van der Waals surface area contributed by atoms with Gasteiger partial charge in [0.2, 0.25) is 5.91 Å². The number of carbonyl (C=O) groups is 1. The summed E-state index contributed by atoms with van der Waals surface area (Å²) in [5.74, 6) is 2.22. The summed E-state index contributed by atoms with van der Waals surface area (Å²) in [5.41, 5.74) is 5.57. The molecule has 16 heavy (non-hydrogen) atoms. The van der Waals surface area contributed by atoms with Crippen LogP contribution in [0.25, 0.3) is 0 Å². The molecule has 3 N–H and O–H groups in total. The first-order valence-corrected chi connectivity index (χ1v) is 5.84. The van der Waals surface area contributed by atoms with E-state index in [1.807, 2.05) is 0 Å². The van der Waals surface area contributed by atoms with Gasteiger partial charge in [0, 0.05) is 19.5 Å². The van der Waals surface area contributed by atoms with Crippen molar-refractivity contribution in [1.82, 2.24) is 10.2 Å². The quantitative estimate of drug-likeness (QED) is 0.580. The van der Waals surface area contributed by atoms with E-state index in [-0.39, 0.29) is 12.3 Å². The number of nitrogens with two attached hydrogens (primary N) is 1. The average Bonchev–Trinajstić information content (AvgIpc) is 2.28. The molecule has 0 aromatic heterocycles. The van der Waals surface area contributed by atoms with Crippen molar-refractivity contribution >= 4 is 5.91 Å². The molecule has 92 valence electrons. The maximum absolute atomic E-state index is 11.4. The standard InChI is InChI=1S/C12H23N3O/c1-4-7-11(13)12(16)14-8-10-15(6-3)9-5-2/h1,11H,5-10,13H2,2-3H3,(H,14,16). The minimum absolute atomic E-state index is 0.162. The van der Waals surface area contributed by atoms with Crippen LogP contribution in [0.3, 0.4) is 0 Å². The number of hydrogen-bond acceptors (Lipinski definition) is 3. The Kier molecular flexibility index (Phi) is 8.59. The highest BCUT2D eigenvalue weighted by atomic mass is 16.2. The molecule has 0 aliphatic carbocycles. The van der Waals surface area contributed by atoms with Crippen LogP contribution in [0.4, 0.5) is 0 Å². The summed E-state index contributed by atoms with van der Waals surface area (Å²) in [4.78, 5) is 13.7. The summed E-state index contributed by atoms with van der Waals surface area (Å²) in [6.45, 7) is 7.80. The molecule has 0 spiro atoms. The van der Waals surface area contributed by atoms with Gasteiger partial charge >= 0.3 is 0 Å². The fourth-order valence-corrected chi connectivity index (χ4v) is 1.43. The maximum Gasteiger partial charge on any atom is 0.237 e. The number of carbonyl (C=O) groups excluding carboxylic acids is 1. The number of amides is 1. The lowest BCUT2D eigenvalue weighted by Crippen LogP contribution is -2.43. The number of nitrogens with one attached hydrogen (secondary N) is 1. The second kappa shape index (κ2) is 9.20. The summed E-state index contributed by atoms with van der Waals surface area (Å²) in [6.07, 6.45) is 6.50. The van der Waals surface area contributed by atoms with Crippen molar-refractivity contribution < 1.29 is 4.79 Å². The molecule has 0 aliphatic rings. The van der Waals surface area contributed by atoms with E-state index in [0.717, 1.165) is 26.1 Å². The van der Waals surface area contributed by atoms with Crippen molar-refractivity contribution in [2.45, 2.75) is 32.7 Å². The normalized spacial score (nSPS) is 12.2. The molecule has 0 aromatic rings. The fourth-order valence-electron chi connectivity index (χ4n) is 1.43. The molecule has 0 saturated carbocycles. The van der Waals surface area contributed by atoms with Crippen molar-refractivity contribution in [3.05, 3.63) is 0 Å². The average molecular weight is 225 g/mol. The predicted molar refractivity (Wildman–Crippen MR) is 66.8 cm³/mol. The molecule has 0 heterocycles. The van der Waals surface area contributed by atoms with Gasteiger partial charge in [0.25, 0.3) is 0 Å². The van der Waals surface area contributed by atoms with Gasteiger partial charge in [-0.1, -0.05) is 13.8 Å². The Morgan fingerprint density at radius 3 is 2.69 bits per heavy atom. The lowest BCUT2D eigenvalue weighted by Gasteiger charge is -2.20. The molecule has 0 saturated heterocycles. The van der Waals surface area contributed by atoms with E-state index in [2.05, 4.69) is 30.0 Å². The monoisotopic (exact) mass is 225 g/mol. The lowest BCUT2D eigenvalue weighted by molar-refractivity contribution is -0.122. The zero-order valence-corrected chi connectivity index (χ0v) is 10.3. The number of nitrogens with zero attached hydrogens (tertiary/aromatic N) is 1. The van der Waals surface area contributed by atoms with Crippen molar-refractivity contribution in [3.8, 4) is 12.3 Å². The second-order valence-electron chi connectivity index (χ2n) is 3.74. The molecule has 0 fully saturated rings. The minimum Gasteiger partial charge on any atom is -0.353 e. The third-order valence-electron chi connectivity index (χ3n) is 2.39. The van der Waals surface area contributed by atoms with Gasteiger partial charge in [0.15, 0.2) is 0 Å². The maximum atomic E-state index is 11.4. The summed E-state index contributed by atoms with van der Waals surface area (Å²) in [7, 11) is 0. The van der Waals surface area contributed by atoms with Crippen LogP contribution in [0.5, 0.6) is 0 Å². The Labute approximate surface area is 98.6 Å². The topological polar surface area (TPSA) is 58.4 Å². The highest BCUT2D eigenvalue weighted by molar-refractivity contribution is 5.81. The highest BCUT2D eigenvalue weighted by Crippen LogP contribution is 1.90. The Bertz CT molecular complexity index is 235. The highest BCUT2D eigenvalue weighted by Gasteiger charge is 2.11. The van der Waals surface area contributed by atoms with Gasteiger partial charge in [-0.05, 0) is 19.5 Å². The summed E-state index contributed by atoms with van der Waals surface area (Å²) in [5, 5.41) is 2.79. The van der Waals surface area contributed by atoms with Crippen LogP contribution in [0.2, 0.25) is 0 Å². The third-order valence-corrected chi connectivity index (χ3v) is 2.39. The lowest BCUT2D eigenvalue weighted by atomic mass is 10.2. The van der Waals surface area contributed by atoms with Gasteiger partial charge in [-0.2, -0.15) is 0 Å². The predicted octanol–water partition coefficient (Wildman–Crippen LogP) is 0.185. The molecular formula is C12H23N3O. The minimum atomic E-state index is -0.578. The van der Waals surface area contributed by atoms with Crippen molar-refractivity contribution in [2.75, 3.05) is 26.2 Å². The van der Waals surface area contributed by atoms with Crippen LogP contribution in [0, 0.1) is 12.3 Å². The third kappa shape index (κ3) is 6.44. The van der Waals surface area contributed by atoms with Crippen LogP contribution >= 0.6 is 0 Å². The Hall–Kier alpha value is -1.05. The van der Waals surface area contributed by atoms with Crippen LogP contribution in [-0.4, -0.2) is 43.0 Å². The molecule has 1 unspecified atom stereocenters. The summed E-state index contributed by atoms with van der Waals surface area (Å²) in [6, 6.07) is -0.578. The van der Waals surface area contributed by atoms with Crippen LogP contribution < -0.4 is 11.1 Å². The zero-order valence-electron chi connectivity index (χ0n) is 10.3. The zero-order chi connectivity index (χ0) is 12.4. The molecule has 0 radical (unpaired) electrons. The first-order valence-electron chi connectivity index (χ1n) is 5.84. The van der Waals surface area contributed by atoms with Crippen LogP contribution in [0.1, 0.15) is 26.7 Å². The number of hydrogen-bond donors (Lipinski definition) is 2. The summed E-state index contributed by atoms with van der Waals surface area (Å²) >= 11 is 0. The van der Waals surface area contributed by atoms with Gasteiger partial charge in [0.05, 0.1) is 6.04 Å². The van der Waals surface area contributed by atoms with Crippen molar-refractivity contribution in [1.29, 1.82) is 0 Å². The molecule has 0 aliphatic heterocycles. The Morgan fingerprint density at radius 1 is 1.50 bits per heavy atom. The van der Waals surface area contributed by atoms with Crippen LogP contribution in [-0.2, 0) is 4.79 Å². The van der Waals surface area contributed by atoms with Crippen molar-refractivity contribution in [3.63, 3.8) is 0 Å². The van der Waals surface area contributed by atoms with E-state index < -0.39 is 6.04 Å². The second-order valence-corrected chi connectivity index (χ2v) is 3.74. The van der Waals surface area contributed by atoms with E-state index in [1.165, 1.54) is 0 Å². The first-order chi connectivity index (χ1) is 7.65. The van der Waals surface area contributed by atoms with Gasteiger partial charge in [0.1, 0.15) is 0 Å². The first kappa shape index (κ1) is 14.9. The van der Waals surface area contributed by atoms with E-state index in [9.17, 15) is 4.79 Å². The molecule has 1 amide bonds. The molecule has 0 bridgehead atoms. The van der Waals surface area contributed by atoms with Gasteiger partial charge < -0.3 is 16.0 Å². The fraction of sp³-hybridized carbons (Fsp3) is 0.750. The van der Waals surface area contributed by atoms with Gasteiger partial charge in [-0.3, -0.25) is 4.79 Å². The molecule has 0 aromatic carbocycles. The van der Waals surface area contributed by atoms with Crippen molar-refractivity contribution in [2.24, 2.45) is 5.73 Å². The molecule has 1 atom stereocenters. The van der Waals surface area contributed by atoms with Crippen LogP contribution in [0.15, 0.2) is 0 Å². The number of rotatable bonds is 8. The van der Waals surface area contributed by atoms with E-state index >= 15 is 0 Å². The molecule has 4 nitrogen and oxygen atoms in total.